The number of nitrogens with zero attached hydrogens (tertiary/aromatic N) is 4. The summed E-state index contributed by atoms with van der Waals surface area (Å²) in [5.41, 5.74) is 2.14. The van der Waals surface area contributed by atoms with Crippen LogP contribution in [0.25, 0.3) is 11.2 Å². The van der Waals surface area contributed by atoms with E-state index >= 15 is 0 Å². The summed E-state index contributed by atoms with van der Waals surface area (Å²) < 4.78 is 3.39. The van der Waals surface area contributed by atoms with Crippen LogP contribution in [0.4, 0.5) is 0 Å². The van der Waals surface area contributed by atoms with E-state index in [-0.39, 0.29) is 5.56 Å². The molecule has 2 aromatic heterocycles. The molecule has 0 radical (unpaired) electrons. The molecule has 5 nitrogen and oxygen atoms in total. The molecule has 96 valence electrons. The van der Waals surface area contributed by atoms with Crippen LogP contribution in [0.1, 0.15) is 11.4 Å². The van der Waals surface area contributed by atoms with Gasteiger partial charge in [-0.2, -0.15) is 0 Å². The van der Waals surface area contributed by atoms with Crippen LogP contribution < -0.4 is 5.56 Å². The topological polar surface area (TPSA) is 52.7 Å². The average Bonchev–Trinajstić information content (AvgIpc) is 2.73. The van der Waals surface area contributed by atoms with E-state index < -0.39 is 0 Å². The fourth-order valence-electron chi connectivity index (χ4n) is 2.17. The molecule has 0 bridgehead atoms. The molecule has 0 saturated heterocycles. The Balaban J connectivity index is 2.21. The number of aromatic nitrogens is 4. The highest BCUT2D eigenvalue weighted by Crippen LogP contribution is 2.12. The summed E-state index contributed by atoms with van der Waals surface area (Å²) in [4.78, 5) is 20.8. The van der Waals surface area contributed by atoms with E-state index in [1.165, 1.54) is 10.9 Å². The molecule has 3 aromatic rings. The lowest BCUT2D eigenvalue weighted by Crippen LogP contribution is -2.20. The SMILES string of the molecule is Cc1nc2ncn(C)c(=O)c2n1Cc1ccccc1. The number of benzene rings is 1. The second kappa shape index (κ2) is 4.35. The number of rotatable bonds is 2. The van der Waals surface area contributed by atoms with Crippen LogP contribution in [0.5, 0.6) is 0 Å². The lowest BCUT2D eigenvalue weighted by atomic mass is 10.2. The Morgan fingerprint density at radius 3 is 2.68 bits per heavy atom. The van der Waals surface area contributed by atoms with E-state index in [0.717, 1.165) is 11.4 Å². The Morgan fingerprint density at radius 2 is 1.95 bits per heavy atom. The van der Waals surface area contributed by atoms with E-state index in [1.807, 2.05) is 41.8 Å². The van der Waals surface area contributed by atoms with Crippen LogP contribution in [0, 0.1) is 6.92 Å². The van der Waals surface area contributed by atoms with E-state index in [0.29, 0.717) is 17.7 Å². The van der Waals surface area contributed by atoms with Gasteiger partial charge in [0.15, 0.2) is 11.2 Å². The number of hydrogen-bond donors (Lipinski definition) is 0. The van der Waals surface area contributed by atoms with E-state index in [9.17, 15) is 4.79 Å². The van der Waals surface area contributed by atoms with Crippen molar-refractivity contribution in [1.82, 2.24) is 19.1 Å². The summed E-state index contributed by atoms with van der Waals surface area (Å²) >= 11 is 0. The lowest BCUT2D eigenvalue weighted by molar-refractivity contribution is 0.769. The van der Waals surface area contributed by atoms with Gasteiger partial charge in [-0.05, 0) is 12.5 Å². The highest BCUT2D eigenvalue weighted by molar-refractivity contribution is 5.70. The van der Waals surface area contributed by atoms with Crippen LogP contribution in [0.2, 0.25) is 0 Å². The van der Waals surface area contributed by atoms with Crippen LogP contribution in [-0.4, -0.2) is 19.1 Å². The molecule has 2 heterocycles. The van der Waals surface area contributed by atoms with Crippen molar-refractivity contribution in [2.24, 2.45) is 7.05 Å². The molecule has 0 N–H and O–H groups in total. The molecule has 0 spiro atoms. The molecule has 0 unspecified atom stereocenters. The molecule has 0 aliphatic heterocycles. The molecule has 1 aromatic carbocycles. The van der Waals surface area contributed by atoms with Crippen molar-refractivity contribution in [3.05, 3.63) is 58.4 Å². The summed E-state index contributed by atoms with van der Waals surface area (Å²) in [7, 11) is 1.70. The largest absolute Gasteiger partial charge is 0.318 e. The Kier molecular flexibility index (Phi) is 2.67. The molecular weight excluding hydrogens is 240 g/mol. The lowest BCUT2D eigenvalue weighted by Gasteiger charge is -2.06. The minimum atomic E-state index is -0.0680. The normalized spacial score (nSPS) is 11.1. The maximum Gasteiger partial charge on any atom is 0.279 e. The van der Waals surface area contributed by atoms with Crippen LogP contribution >= 0.6 is 0 Å². The monoisotopic (exact) mass is 254 g/mol. The number of fused-ring (bicyclic) bond motifs is 1. The Morgan fingerprint density at radius 1 is 1.21 bits per heavy atom. The molecule has 0 aliphatic rings. The molecule has 0 aliphatic carbocycles. The van der Waals surface area contributed by atoms with Gasteiger partial charge in [-0.1, -0.05) is 30.3 Å². The minimum Gasteiger partial charge on any atom is -0.318 e. The predicted molar refractivity (Wildman–Crippen MR) is 73.1 cm³/mol. The maximum absolute atomic E-state index is 12.2. The van der Waals surface area contributed by atoms with E-state index in [1.54, 1.807) is 7.05 Å². The summed E-state index contributed by atoms with van der Waals surface area (Å²) in [6, 6.07) is 10.0. The minimum absolute atomic E-state index is 0.0680. The number of aryl methyl sites for hydroxylation is 2. The van der Waals surface area contributed by atoms with Gasteiger partial charge in [-0.25, -0.2) is 9.97 Å². The van der Waals surface area contributed by atoms with Gasteiger partial charge in [0.2, 0.25) is 0 Å². The smallest absolute Gasteiger partial charge is 0.279 e. The third kappa shape index (κ3) is 1.93. The Hall–Kier alpha value is -2.43. The summed E-state index contributed by atoms with van der Waals surface area (Å²) in [5.74, 6) is 0.801. The zero-order valence-corrected chi connectivity index (χ0v) is 10.9. The quantitative estimate of drug-likeness (QED) is 0.696. The zero-order chi connectivity index (χ0) is 13.4. The summed E-state index contributed by atoms with van der Waals surface area (Å²) in [5, 5.41) is 0. The fraction of sp³-hybridized carbons (Fsp3) is 0.214. The highest BCUT2D eigenvalue weighted by Gasteiger charge is 2.13. The molecule has 5 heteroatoms. The first-order valence-electron chi connectivity index (χ1n) is 6.09. The number of hydrogen-bond acceptors (Lipinski definition) is 3. The third-order valence-corrected chi connectivity index (χ3v) is 3.20. The third-order valence-electron chi connectivity index (χ3n) is 3.20. The Bertz CT molecular complexity index is 786. The van der Waals surface area contributed by atoms with Gasteiger partial charge in [0.05, 0.1) is 6.33 Å². The highest BCUT2D eigenvalue weighted by atomic mass is 16.1. The van der Waals surface area contributed by atoms with Gasteiger partial charge in [-0.3, -0.25) is 4.79 Å². The summed E-state index contributed by atoms with van der Waals surface area (Å²) in [6.07, 6.45) is 1.50. The molecule has 3 rings (SSSR count). The average molecular weight is 254 g/mol. The molecule has 0 atom stereocenters. The van der Waals surface area contributed by atoms with Crippen molar-refractivity contribution in [2.45, 2.75) is 13.5 Å². The van der Waals surface area contributed by atoms with Gasteiger partial charge >= 0.3 is 0 Å². The number of imidazole rings is 1. The van der Waals surface area contributed by atoms with Crippen molar-refractivity contribution < 1.29 is 0 Å². The fourth-order valence-corrected chi connectivity index (χ4v) is 2.17. The molecule has 0 amide bonds. The van der Waals surface area contributed by atoms with Crippen LogP contribution in [0.3, 0.4) is 0 Å². The van der Waals surface area contributed by atoms with Crippen LogP contribution in [0.15, 0.2) is 41.5 Å². The molecule has 0 saturated carbocycles. The van der Waals surface area contributed by atoms with Crippen molar-refractivity contribution in [1.29, 1.82) is 0 Å². The van der Waals surface area contributed by atoms with Crippen molar-refractivity contribution >= 4 is 11.2 Å². The van der Waals surface area contributed by atoms with Crippen LogP contribution in [-0.2, 0) is 13.6 Å². The zero-order valence-electron chi connectivity index (χ0n) is 10.9. The van der Waals surface area contributed by atoms with Gasteiger partial charge in [-0.15, -0.1) is 0 Å². The van der Waals surface area contributed by atoms with Gasteiger partial charge in [0.1, 0.15) is 5.82 Å². The molecule has 19 heavy (non-hydrogen) atoms. The van der Waals surface area contributed by atoms with Gasteiger partial charge in [0.25, 0.3) is 5.56 Å². The van der Waals surface area contributed by atoms with Gasteiger partial charge < -0.3 is 9.13 Å². The standard InChI is InChI=1S/C14H14N4O/c1-10-16-13-12(14(19)17(2)9-15-13)18(10)8-11-6-4-3-5-7-11/h3-7,9H,8H2,1-2H3. The van der Waals surface area contributed by atoms with Crippen molar-refractivity contribution in [3.8, 4) is 0 Å². The second-order valence-corrected chi connectivity index (χ2v) is 4.56. The van der Waals surface area contributed by atoms with Gasteiger partial charge in [0, 0.05) is 13.6 Å². The van der Waals surface area contributed by atoms with E-state index in [4.69, 9.17) is 0 Å². The second-order valence-electron chi connectivity index (χ2n) is 4.56. The maximum atomic E-state index is 12.2. The molecule has 0 fully saturated rings. The first kappa shape index (κ1) is 11.6. The van der Waals surface area contributed by atoms with Crippen molar-refractivity contribution in [2.75, 3.05) is 0 Å². The van der Waals surface area contributed by atoms with E-state index in [2.05, 4.69) is 9.97 Å². The summed E-state index contributed by atoms with van der Waals surface area (Å²) in [6.45, 7) is 2.52. The molecular formula is C14H14N4O. The Labute approximate surface area is 110 Å². The first-order valence-corrected chi connectivity index (χ1v) is 6.09. The predicted octanol–water partition coefficient (Wildman–Crippen LogP) is 1.49. The first-order chi connectivity index (χ1) is 9.16. The van der Waals surface area contributed by atoms with Crippen molar-refractivity contribution in [3.63, 3.8) is 0 Å².